The van der Waals surface area contributed by atoms with Crippen molar-refractivity contribution in [2.24, 2.45) is 0 Å². The van der Waals surface area contributed by atoms with Gasteiger partial charge in [0.05, 0.1) is 10.9 Å². The van der Waals surface area contributed by atoms with Gasteiger partial charge in [-0.2, -0.15) is 0 Å². The lowest BCUT2D eigenvalue weighted by molar-refractivity contribution is -0.128. The Bertz CT molecular complexity index is 687. The molecule has 4 rings (SSSR count). The van der Waals surface area contributed by atoms with Crippen LogP contribution in [0, 0.1) is 0 Å². The Morgan fingerprint density at radius 3 is 2.86 bits per heavy atom. The van der Waals surface area contributed by atoms with Crippen LogP contribution < -0.4 is 5.32 Å². The number of carbonyl (C=O) groups is 2. The van der Waals surface area contributed by atoms with E-state index in [-0.39, 0.29) is 17.9 Å². The number of amides is 2. The van der Waals surface area contributed by atoms with Crippen molar-refractivity contribution in [3.05, 3.63) is 35.2 Å². The van der Waals surface area contributed by atoms with Gasteiger partial charge in [0, 0.05) is 23.7 Å². The summed E-state index contributed by atoms with van der Waals surface area (Å²) in [7, 11) is 0. The zero-order chi connectivity index (χ0) is 14.4. The molecule has 2 aromatic rings. The van der Waals surface area contributed by atoms with Crippen LogP contribution in [0.4, 0.5) is 0 Å². The highest BCUT2D eigenvalue weighted by atomic mass is 32.1. The number of carbonyl (C=O) groups excluding carboxylic acids is 2. The Morgan fingerprint density at radius 1 is 1.29 bits per heavy atom. The van der Waals surface area contributed by atoms with Crippen molar-refractivity contribution >= 4 is 33.2 Å². The van der Waals surface area contributed by atoms with E-state index in [4.69, 9.17) is 0 Å². The summed E-state index contributed by atoms with van der Waals surface area (Å²) in [6.45, 7) is 0.667. The molecule has 2 aliphatic rings. The lowest BCUT2D eigenvalue weighted by atomic mass is 10.2. The number of hydrogen-bond acceptors (Lipinski definition) is 3. The number of rotatable bonds is 3. The van der Waals surface area contributed by atoms with Crippen molar-refractivity contribution in [1.82, 2.24) is 10.2 Å². The van der Waals surface area contributed by atoms with Gasteiger partial charge in [0.1, 0.15) is 0 Å². The van der Waals surface area contributed by atoms with E-state index >= 15 is 0 Å². The molecule has 1 saturated heterocycles. The molecule has 1 aliphatic carbocycles. The van der Waals surface area contributed by atoms with Crippen molar-refractivity contribution in [2.45, 2.75) is 31.3 Å². The topological polar surface area (TPSA) is 49.4 Å². The van der Waals surface area contributed by atoms with Crippen LogP contribution in [0.1, 0.15) is 28.9 Å². The quantitative estimate of drug-likeness (QED) is 0.946. The first-order valence-electron chi connectivity index (χ1n) is 7.29. The molecule has 0 unspecified atom stereocenters. The number of nitrogens with zero attached hydrogens (tertiary/aromatic N) is 1. The highest BCUT2D eigenvalue weighted by Gasteiger charge is 2.39. The fourth-order valence-corrected chi connectivity index (χ4v) is 3.88. The van der Waals surface area contributed by atoms with Crippen molar-refractivity contribution < 1.29 is 9.59 Å². The third-order valence-electron chi connectivity index (χ3n) is 4.13. The van der Waals surface area contributed by atoms with Gasteiger partial charge in [0.15, 0.2) is 0 Å². The molecular formula is C16H16N2O2S. The molecule has 1 saturated carbocycles. The van der Waals surface area contributed by atoms with E-state index in [9.17, 15) is 9.59 Å². The summed E-state index contributed by atoms with van der Waals surface area (Å²) in [5.74, 6) is 0.116. The number of benzene rings is 1. The fraction of sp³-hybridized carbons (Fsp3) is 0.375. The first-order valence-corrected chi connectivity index (χ1v) is 8.11. The van der Waals surface area contributed by atoms with Crippen molar-refractivity contribution in [3.8, 4) is 0 Å². The largest absolute Gasteiger partial charge is 0.346 e. The van der Waals surface area contributed by atoms with E-state index in [0.29, 0.717) is 23.9 Å². The number of hydrogen-bond donors (Lipinski definition) is 1. The lowest BCUT2D eigenvalue weighted by Crippen LogP contribution is -2.37. The van der Waals surface area contributed by atoms with Gasteiger partial charge in [-0.05, 0) is 30.4 Å². The molecule has 0 bridgehead atoms. The first kappa shape index (κ1) is 12.8. The molecule has 1 N–H and O–H groups in total. The summed E-state index contributed by atoms with van der Waals surface area (Å²) in [5, 5.41) is 4.10. The predicted molar refractivity (Wildman–Crippen MR) is 82.4 cm³/mol. The maximum Gasteiger partial charge on any atom is 0.261 e. The maximum absolute atomic E-state index is 12.3. The highest BCUT2D eigenvalue weighted by Crippen LogP contribution is 2.31. The minimum absolute atomic E-state index is 0.0455. The van der Waals surface area contributed by atoms with Gasteiger partial charge in [-0.3, -0.25) is 9.59 Å². The van der Waals surface area contributed by atoms with Crippen LogP contribution in [-0.4, -0.2) is 35.3 Å². The molecular weight excluding hydrogens is 284 g/mol. The second kappa shape index (κ2) is 4.84. The minimum Gasteiger partial charge on any atom is -0.346 e. The van der Waals surface area contributed by atoms with Crippen LogP contribution in [0.15, 0.2) is 30.3 Å². The molecule has 1 atom stereocenters. The van der Waals surface area contributed by atoms with Gasteiger partial charge in [-0.15, -0.1) is 11.3 Å². The third-order valence-corrected chi connectivity index (χ3v) is 5.25. The number of fused-ring (bicyclic) bond motifs is 1. The molecule has 2 fully saturated rings. The average molecular weight is 300 g/mol. The van der Waals surface area contributed by atoms with Gasteiger partial charge < -0.3 is 10.2 Å². The normalized spacial score (nSPS) is 22.0. The summed E-state index contributed by atoms with van der Waals surface area (Å²) in [6.07, 6.45) is 2.67. The number of thiophene rings is 1. The Hall–Kier alpha value is -1.88. The van der Waals surface area contributed by atoms with E-state index in [1.165, 1.54) is 11.3 Å². The summed E-state index contributed by atoms with van der Waals surface area (Å²) >= 11 is 1.50. The van der Waals surface area contributed by atoms with Gasteiger partial charge in [-0.25, -0.2) is 0 Å². The van der Waals surface area contributed by atoms with Gasteiger partial charge in [0.25, 0.3) is 5.91 Å². The molecule has 0 radical (unpaired) electrons. The Morgan fingerprint density at radius 2 is 2.10 bits per heavy atom. The number of likely N-dealkylation sites (tertiary alicyclic amines) is 1. The molecule has 1 aliphatic heterocycles. The summed E-state index contributed by atoms with van der Waals surface area (Å²) in [5.41, 5.74) is 0. The molecule has 108 valence electrons. The molecule has 5 heteroatoms. The highest BCUT2D eigenvalue weighted by molar-refractivity contribution is 7.20. The summed E-state index contributed by atoms with van der Waals surface area (Å²) in [4.78, 5) is 26.9. The summed E-state index contributed by atoms with van der Waals surface area (Å²) < 4.78 is 1.12. The molecule has 2 amide bonds. The Kier molecular flexibility index (Phi) is 2.96. The van der Waals surface area contributed by atoms with Crippen LogP contribution in [0.3, 0.4) is 0 Å². The monoisotopic (exact) mass is 300 g/mol. The smallest absolute Gasteiger partial charge is 0.261 e. The Labute approximate surface area is 126 Å². The van der Waals surface area contributed by atoms with Crippen LogP contribution in [0.25, 0.3) is 10.1 Å². The third kappa shape index (κ3) is 2.42. The van der Waals surface area contributed by atoms with Gasteiger partial charge >= 0.3 is 0 Å². The van der Waals surface area contributed by atoms with Crippen LogP contribution >= 0.6 is 11.3 Å². The summed E-state index contributed by atoms with van der Waals surface area (Å²) in [6, 6.07) is 10.3. The molecule has 1 aromatic heterocycles. The van der Waals surface area contributed by atoms with Crippen LogP contribution in [0.2, 0.25) is 0 Å². The standard InChI is InChI=1S/C16H16N2O2S/c19-15-8-11(9-18(15)12-5-6-12)17-16(20)14-7-10-3-1-2-4-13(10)21-14/h1-4,7,11-12H,5-6,8-9H2,(H,17,20)/t11-/m0/s1. The van der Waals surface area contributed by atoms with E-state index in [2.05, 4.69) is 5.32 Å². The van der Waals surface area contributed by atoms with E-state index < -0.39 is 0 Å². The predicted octanol–water partition coefficient (Wildman–Crippen LogP) is 2.39. The molecule has 4 nitrogen and oxygen atoms in total. The van der Waals surface area contributed by atoms with Crippen molar-refractivity contribution in [2.75, 3.05) is 6.54 Å². The van der Waals surface area contributed by atoms with Gasteiger partial charge in [0.2, 0.25) is 5.91 Å². The SMILES string of the molecule is O=C(N[C@H]1CC(=O)N(C2CC2)C1)c1cc2ccccc2s1. The van der Waals surface area contributed by atoms with Gasteiger partial charge in [-0.1, -0.05) is 18.2 Å². The van der Waals surface area contributed by atoms with E-state index in [0.717, 1.165) is 22.9 Å². The second-order valence-corrected chi connectivity index (χ2v) is 6.88. The average Bonchev–Trinajstić information content (AvgIpc) is 3.11. The Balaban J connectivity index is 1.47. The van der Waals surface area contributed by atoms with Crippen LogP contribution in [0.5, 0.6) is 0 Å². The van der Waals surface area contributed by atoms with E-state index in [1.807, 2.05) is 35.2 Å². The molecule has 2 heterocycles. The zero-order valence-corrected chi connectivity index (χ0v) is 12.4. The van der Waals surface area contributed by atoms with Crippen molar-refractivity contribution in [3.63, 3.8) is 0 Å². The first-order chi connectivity index (χ1) is 10.2. The van der Waals surface area contributed by atoms with Crippen LogP contribution in [-0.2, 0) is 4.79 Å². The zero-order valence-electron chi connectivity index (χ0n) is 11.5. The number of nitrogens with one attached hydrogen (secondary N) is 1. The van der Waals surface area contributed by atoms with Crippen molar-refractivity contribution in [1.29, 1.82) is 0 Å². The lowest BCUT2D eigenvalue weighted by Gasteiger charge is -2.15. The van der Waals surface area contributed by atoms with E-state index in [1.54, 1.807) is 0 Å². The maximum atomic E-state index is 12.3. The molecule has 21 heavy (non-hydrogen) atoms. The second-order valence-electron chi connectivity index (χ2n) is 5.80. The molecule has 0 spiro atoms. The minimum atomic E-state index is -0.0633. The fourth-order valence-electron chi connectivity index (χ4n) is 2.92. The molecule has 1 aromatic carbocycles.